The molecule has 1 rings (SSSR count). The zero-order valence-corrected chi connectivity index (χ0v) is 9.18. The van der Waals surface area contributed by atoms with Crippen molar-refractivity contribution in [3.63, 3.8) is 0 Å². The van der Waals surface area contributed by atoms with Gasteiger partial charge in [-0.15, -0.1) is 6.58 Å². The summed E-state index contributed by atoms with van der Waals surface area (Å²) in [6.45, 7) is 11.6. The van der Waals surface area contributed by atoms with Crippen LogP contribution in [0.15, 0.2) is 12.7 Å². The molecule has 1 heteroatoms. The molecule has 0 unspecified atom stereocenters. The quantitative estimate of drug-likeness (QED) is 0.608. The van der Waals surface area contributed by atoms with Gasteiger partial charge in [0.2, 0.25) is 0 Å². The fourth-order valence-corrected chi connectivity index (χ4v) is 2.00. The highest BCUT2D eigenvalue weighted by atomic mass is 16.5. The van der Waals surface area contributed by atoms with Crippen molar-refractivity contribution < 1.29 is 4.74 Å². The summed E-state index contributed by atoms with van der Waals surface area (Å²) in [5, 5.41) is 0. The Morgan fingerprint density at radius 2 is 2.31 bits per heavy atom. The smallest absolute Gasteiger partial charge is 0.0585 e. The van der Waals surface area contributed by atoms with E-state index in [9.17, 15) is 0 Å². The molecule has 0 aliphatic carbocycles. The third kappa shape index (κ3) is 3.15. The molecule has 2 atom stereocenters. The van der Waals surface area contributed by atoms with Gasteiger partial charge in [-0.3, -0.25) is 0 Å². The van der Waals surface area contributed by atoms with Crippen molar-refractivity contribution in [2.45, 2.75) is 46.1 Å². The van der Waals surface area contributed by atoms with E-state index in [4.69, 9.17) is 4.74 Å². The third-order valence-electron chi connectivity index (χ3n) is 2.95. The molecule has 1 nitrogen and oxygen atoms in total. The summed E-state index contributed by atoms with van der Waals surface area (Å²) in [5.41, 5.74) is 0.317. The molecule has 1 saturated heterocycles. The highest BCUT2D eigenvalue weighted by molar-refractivity contribution is 4.95. The SMILES string of the molecule is C=C[C@@]1(C)CCO[C@H](CC(C)C)C1. The highest BCUT2D eigenvalue weighted by Gasteiger charge is 2.30. The van der Waals surface area contributed by atoms with Gasteiger partial charge in [0, 0.05) is 6.61 Å². The molecule has 0 bridgehead atoms. The van der Waals surface area contributed by atoms with Crippen LogP contribution in [-0.2, 0) is 4.74 Å². The lowest BCUT2D eigenvalue weighted by Crippen LogP contribution is -2.32. The van der Waals surface area contributed by atoms with Gasteiger partial charge in [-0.25, -0.2) is 0 Å². The normalized spacial score (nSPS) is 34.9. The maximum absolute atomic E-state index is 5.74. The molecule has 0 N–H and O–H groups in total. The lowest BCUT2D eigenvalue weighted by Gasteiger charge is -2.36. The highest BCUT2D eigenvalue weighted by Crippen LogP contribution is 2.35. The first-order valence-electron chi connectivity index (χ1n) is 5.31. The largest absolute Gasteiger partial charge is 0.378 e. The van der Waals surface area contributed by atoms with E-state index >= 15 is 0 Å². The monoisotopic (exact) mass is 182 g/mol. The van der Waals surface area contributed by atoms with Gasteiger partial charge in [-0.1, -0.05) is 26.8 Å². The van der Waals surface area contributed by atoms with Crippen LogP contribution in [0.2, 0.25) is 0 Å². The van der Waals surface area contributed by atoms with Crippen molar-refractivity contribution in [3.8, 4) is 0 Å². The number of ether oxygens (including phenoxy) is 1. The third-order valence-corrected chi connectivity index (χ3v) is 2.95. The van der Waals surface area contributed by atoms with Crippen molar-refractivity contribution in [2.24, 2.45) is 11.3 Å². The van der Waals surface area contributed by atoms with Crippen LogP contribution in [0.5, 0.6) is 0 Å². The van der Waals surface area contributed by atoms with Gasteiger partial charge in [-0.2, -0.15) is 0 Å². The molecule has 0 spiro atoms. The lowest BCUT2D eigenvalue weighted by molar-refractivity contribution is -0.0356. The van der Waals surface area contributed by atoms with Crippen LogP contribution in [0.4, 0.5) is 0 Å². The average Bonchev–Trinajstić information content (AvgIpc) is 2.03. The van der Waals surface area contributed by atoms with Crippen LogP contribution in [0.1, 0.15) is 40.0 Å². The van der Waals surface area contributed by atoms with E-state index in [1.54, 1.807) is 0 Å². The molecule has 1 aliphatic heterocycles. The topological polar surface area (TPSA) is 9.23 Å². The Balaban J connectivity index is 2.46. The van der Waals surface area contributed by atoms with E-state index in [0.29, 0.717) is 11.5 Å². The van der Waals surface area contributed by atoms with Gasteiger partial charge in [0.25, 0.3) is 0 Å². The number of rotatable bonds is 3. The summed E-state index contributed by atoms with van der Waals surface area (Å²) in [7, 11) is 0. The number of hydrogen-bond donors (Lipinski definition) is 0. The molecule has 0 amide bonds. The number of allylic oxidation sites excluding steroid dienone is 1. The molecule has 0 aromatic carbocycles. The summed E-state index contributed by atoms with van der Waals surface area (Å²) in [5.74, 6) is 0.733. The van der Waals surface area contributed by atoms with Crippen LogP contribution in [-0.4, -0.2) is 12.7 Å². The Morgan fingerprint density at radius 3 is 2.85 bits per heavy atom. The van der Waals surface area contributed by atoms with Crippen molar-refractivity contribution in [1.29, 1.82) is 0 Å². The minimum Gasteiger partial charge on any atom is -0.378 e. The standard InChI is InChI=1S/C12H22O/c1-5-12(4)6-7-13-11(9-12)8-10(2)3/h5,10-11H,1,6-9H2,2-4H3/t11-,12+/m1/s1. The maximum Gasteiger partial charge on any atom is 0.0585 e. The predicted octanol–water partition coefficient (Wildman–Crippen LogP) is 3.40. The van der Waals surface area contributed by atoms with Gasteiger partial charge < -0.3 is 4.74 Å². The van der Waals surface area contributed by atoms with Crippen molar-refractivity contribution in [1.82, 2.24) is 0 Å². The molecule has 13 heavy (non-hydrogen) atoms. The molecule has 0 aromatic rings. The van der Waals surface area contributed by atoms with Gasteiger partial charge in [0.15, 0.2) is 0 Å². The van der Waals surface area contributed by atoms with E-state index in [1.165, 1.54) is 6.42 Å². The van der Waals surface area contributed by atoms with E-state index < -0.39 is 0 Å². The van der Waals surface area contributed by atoms with Gasteiger partial charge in [0.05, 0.1) is 6.10 Å². The summed E-state index contributed by atoms with van der Waals surface area (Å²) in [6, 6.07) is 0. The fourth-order valence-electron chi connectivity index (χ4n) is 2.00. The Kier molecular flexibility index (Phi) is 3.55. The zero-order chi connectivity index (χ0) is 9.90. The number of hydrogen-bond acceptors (Lipinski definition) is 1. The predicted molar refractivity (Wildman–Crippen MR) is 56.7 cm³/mol. The minimum atomic E-state index is 0.317. The van der Waals surface area contributed by atoms with Crippen molar-refractivity contribution in [3.05, 3.63) is 12.7 Å². The molecule has 1 fully saturated rings. The Bertz CT molecular complexity index is 174. The van der Waals surface area contributed by atoms with Crippen LogP contribution < -0.4 is 0 Å². The summed E-state index contributed by atoms with van der Waals surface area (Å²) >= 11 is 0. The summed E-state index contributed by atoms with van der Waals surface area (Å²) in [4.78, 5) is 0. The Labute approximate surface area is 82.2 Å². The second kappa shape index (κ2) is 4.28. The van der Waals surface area contributed by atoms with Gasteiger partial charge >= 0.3 is 0 Å². The van der Waals surface area contributed by atoms with Crippen molar-refractivity contribution >= 4 is 0 Å². The summed E-state index contributed by atoms with van der Waals surface area (Å²) < 4.78 is 5.74. The average molecular weight is 182 g/mol. The van der Waals surface area contributed by atoms with E-state index in [2.05, 4.69) is 33.4 Å². The second-order valence-corrected chi connectivity index (χ2v) is 4.93. The molecule has 0 aromatic heterocycles. The van der Waals surface area contributed by atoms with Gasteiger partial charge in [-0.05, 0) is 30.6 Å². The molecule has 1 aliphatic rings. The zero-order valence-electron chi connectivity index (χ0n) is 9.18. The molecule has 0 saturated carbocycles. The minimum absolute atomic E-state index is 0.317. The first kappa shape index (κ1) is 10.8. The Morgan fingerprint density at radius 1 is 1.62 bits per heavy atom. The van der Waals surface area contributed by atoms with E-state index in [0.717, 1.165) is 25.4 Å². The molecular formula is C12H22O. The van der Waals surface area contributed by atoms with Gasteiger partial charge in [0.1, 0.15) is 0 Å². The maximum atomic E-state index is 5.74. The Hall–Kier alpha value is -0.300. The second-order valence-electron chi connectivity index (χ2n) is 4.93. The molecule has 76 valence electrons. The first-order valence-corrected chi connectivity index (χ1v) is 5.31. The van der Waals surface area contributed by atoms with Crippen LogP contribution in [0.25, 0.3) is 0 Å². The van der Waals surface area contributed by atoms with Crippen molar-refractivity contribution in [2.75, 3.05) is 6.61 Å². The van der Waals surface area contributed by atoms with Crippen LogP contribution >= 0.6 is 0 Å². The molecule has 1 heterocycles. The lowest BCUT2D eigenvalue weighted by atomic mass is 9.78. The molecular weight excluding hydrogens is 160 g/mol. The molecule has 0 radical (unpaired) electrons. The van der Waals surface area contributed by atoms with Crippen LogP contribution in [0, 0.1) is 11.3 Å². The fraction of sp³-hybridized carbons (Fsp3) is 0.833. The first-order chi connectivity index (χ1) is 6.06. The van der Waals surface area contributed by atoms with E-state index in [1.807, 2.05) is 0 Å². The summed E-state index contributed by atoms with van der Waals surface area (Å²) in [6.07, 6.45) is 6.02. The van der Waals surface area contributed by atoms with E-state index in [-0.39, 0.29) is 0 Å². The van der Waals surface area contributed by atoms with Crippen LogP contribution in [0.3, 0.4) is 0 Å².